The Labute approximate surface area is 135 Å². The maximum atomic E-state index is 11.8. The number of sulfone groups is 1. The second-order valence-electron chi connectivity index (χ2n) is 5.52. The molecule has 22 heavy (non-hydrogen) atoms. The van der Waals surface area contributed by atoms with E-state index in [4.69, 9.17) is 21.7 Å². The van der Waals surface area contributed by atoms with Crippen LogP contribution in [0.15, 0.2) is 18.2 Å². The standard InChI is InChI=1S/C14H18N2O4S2/c1-19-12-4-3-9(5-13(12)20-2)6-16-11-8-22(17,18)7-10(11)15-14(16)21/h3-5,10-11H,6-8H2,1-2H3,(H,15,21)/t10-,11+/m1/s1. The van der Waals surface area contributed by atoms with Crippen LogP contribution in [0.1, 0.15) is 5.56 Å². The van der Waals surface area contributed by atoms with E-state index in [1.165, 1.54) is 0 Å². The number of nitrogens with zero attached hydrogens (tertiary/aromatic N) is 1. The van der Waals surface area contributed by atoms with Crippen molar-refractivity contribution in [2.75, 3.05) is 25.7 Å². The molecule has 0 radical (unpaired) electrons. The lowest BCUT2D eigenvalue weighted by Gasteiger charge is -2.23. The Morgan fingerprint density at radius 3 is 2.68 bits per heavy atom. The molecule has 1 aromatic rings. The zero-order valence-corrected chi connectivity index (χ0v) is 14.0. The quantitative estimate of drug-likeness (QED) is 0.802. The van der Waals surface area contributed by atoms with Gasteiger partial charge < -0.3 is 19.7 Å². The number of ether oxygens (including phenoxy) is 2. The molecule has 120 valence electrons. The molecule has 2 atom stereocenters. The van der Waals surface area contributed by atoms with Crippen LogP contribution in [0.4, 0.5) is 0 Å². The first kappa shape index (κ1) is 15.4. The van der Waals surface area contributed by atoms with Crippen molar-refractivity contribution in [3.8, 4) is 11.5 Å². The molecule has 0 amide bonds. The van der Waals surface area contributed by atoms with Gasteiger partial charge >= 0.3 is 0 Å². The van der Waals surface area contributed by atoms with Crippen molar-refractivity contribution in [1.29, 1.82) is 0 Å². The fourth-order valence-electron chi connectivity index (χ4n) is 3.03. The van der Waals surface area contributed by atoms with E-state index in [9.17, 15) is 8.42 Å². The van der Waals surface area contributed by atoms with Crippen LogP contribution < -0.4 is 14.8 Å². The van der Waals surface area contributed by atoms with E-state index in [1.807, 2.05) is 23.1 Å². The predicted molar refractivity (Wildman–Crippen MR) is 87.1 cm³/mol. The van der Waals surface area contributed by atoms with Crippen molar-refractivity contribution in [2.45, 2.75) is 18.6 Å². The lowest BCUT2D eigenvalue weighted by atomic mass is 10.1. The van der Waals surface area contributed by atoms with Crippen molar-refractivity contribution in [3.63, 3.8) is 0 Å². The van der Waals surface area contributed by atoms with Crippen LogP contribution in [0.3, 0.4) is 0 Å². The third-order valence-corrected chi connectivity index (χ3v) is 6.16. The first-order valence-electron chi connectivity index (χ1n) is 6.92. The molecule has 1 N–H and O–H groups in total. The first-order valence-corrected chi connectivity index (χ1v) is 9.15. The Hall–Kier alpha value is -1.54. The molecule has 8 heteroatoms. The molecule has 2 saturated heterocycles. The number of nitrogens with one attached hydrogen (secondary N) is 1. The minimum absolute atomic E-state index is 0.0920. The SMILES string of the molecule is COc1ccc(CN2C(=S)N[C@@H]3CS(=O)(=O)C[C@@H]32)cc1OC. The van der Waals surface area contributed by atoms with Crippen molar-refractivity contribution in [1.82, 2.24) is 10.2 Å². The zero-order chi connectivity index (χ0) is 15.9. The molecule has 0 aliphatic carbocycles. The van der Waals surface area contributed by atoms with Crippen molar-refractivity contribution in [2.24, 2.45) is 0 Å². The average molecular weight is 342 g/mol. The van der Waals surface area contributed by atoms with Crippen molar-refractivity contribution in [3.05, 3.63) is 23.8 Å². The molecule has 2 heterocycles. The number of benzene rings is 1. The zero-order valence-electron chi connectivity index (χ0n) is 12.4. The van der Waals surface area contributed by atoms with Gasteiger partial charge in [0, 0.05) is 6.54 Å². The highest BCUT2D eigenvalue weighted by Gasteiger charge is 2.46. The van der Waals surface area contributed by atoms with E-state index in [0.717, 1.165) is 5.56 Å². The van der Waals surface area contributed by atoms with Gasteiger partial charge in [0.05, 0.1) is 37.8 Å². The Morgan fingerprint density at radius 1 is 1.27 bits per heavy atom. The Balaban J connectivity index is 1.82. The summed E-state index contributed by atoms with van der Waals surface area (Å²) in [5.41, 5.74) is 0.992. The van der Waals surface area contributed by atoms with Gasteiger partial charge in [-0.15, -0.1) is 0 Å². The maximum absolute atomic E-state index is 11.8. The number of methoxy groups -OCH3 is 2. The third-order valence-electron chi connectivity index (χ3n) is 4.09. The third kappa shape index (κ3) is 2.72. The molecule has 0 saturated carbocycles. The summed E-state index contributed by atoms with van der Waals surface area (Å²) in [6.07, 6.45) is 0. The minimum Gasteiger partial charge on any atom is -0.493 e. The number of thiocarbonyl (C=S) groups is 1. The van der Waals surface area contributed by atoms with Crippen molar-refractivity contribution < 1.29 is 17.9 Å². The largest absolute Gasteiger partial charge is 0.493 e. The van der Waals surface area contributed by atoms with Crippen LogP contribution in [-0.4, -0.2) is 56.2 Å². The Bertz CT molecular complexity index is 705. The van der Waals surface area contributed by atoms with Gasteiger partial charge in [-0.1, -0.05) is 6.07 Å². The lowest BCUT2D eigenvalue weighted by molar-refractivity contribution is 0.341. The fourth-order valence-corrected chi connectivity index (χ4v) is 5.30. The monoisotopic (exact) mass is 342 g/mol. The Kier molecular flexibility index (Phi) is 3.90. The number of rotatable bonds is 4. The molecule has 6 nitrogen and oxygen atoms in total. The minimum atomic E-state index is -2.99. The van der Waals surface area contributed by atoms with Crippen LogP contribution in [0.5, 0.6) is 11.5 Å². The predicted octanol–water partition coefficient (Wildman–Crippen LogP) is 0.559. The van der Waals surface area contributed by atoms with Gasteiger partial charge in [0.2, 0.25) is 0 Å². The highest BCUT2D eigenvalue weighted by molar-refractivity contribution is 7.91. The lowest BCUT2D eigenvalue weighted by Crippen LogP contribution is -2.36. The molecule has 2 fully saturated rings. The van der Waals surface area contributed by atoms with Gasteiger partial charge in [-0.25, -0.2) is 8.42 Å². The maximum Gasteiger partial charge on any atom is 0.169 e. The second-order valence-corrected chi connectivity index (χ2v) is 8.06. The molecule has 0 unspecified atom stereocenters. The Morgan fingerprint density at radius 2 is 2.00 bits per heavy atom. The summed E-state index contributed by atoms with van der Waals surface area (Å²) in [5.74, 6) is 1.61. The first-order chi connectivity index (χ1) is 10.4. The topological polar surface area (TPSA) is 67.9 Å². The van der Waals surface area contributed by atoms with E-state index in [-0.39, 0.29) is 23.6 Å². The molecular weight excluding hydrogens is 324 g/mol. The van der Waals surface area contributed by atoms with Crippen LogP contribution in [0.25, 0.3) is 0 Å². The molecule has 3 rings (SSSR count). The smallest absolute Gasteiger partial charge is 0.169 e. The van der Waals surface area contributed by atoms with E-state index >= 15 is 0 Å². The summed E-state index contributed by atoms with van der Waals surface area (Å²) < 4.78 is 34.1. The number of hydrogen-bond donors (Lipinski definition) is 1. The molecule has 2 aliphatic rings. The van der Waals surface area contributed by atoms with Gasteiger partial charge in [0.15, 0.2) is 26.4 Å². The fraction of sp³-hybridized carbons (Fsp3) is 0.500. The summed E-state index contributed by atoms with van der Waals surface area (Å²) in [6.45, 7) is 0.545. The number of fused-ring (bicyclic) bond motifs is 1. The van der Waals surface area contributed by atoms with Gasteiger partial charge in [0.1, 0.15) is 0 Å². The van der Waals surface area contributed by atoms with Gasteiger partial charge in [-0.05, 0) is 29.9 Å². The normalized spacial score (nSPS) is 25.7. The molecular formula is C14H18N2O4S2. The summed E-state index contributed by atoms with van der Waals surface area (Å²) >= 11 is 5.34. The van der Waals surface area contributed by atoms with Crippen LogP contribution in [-0.2, 0) is 16.4 Å². The van der Waals surface area contributed by atoms with Gasteiger partial charge in [-0.2, -0.15) is 0 Å². The van der Waals surface area contributed by atoms with Crippen LogP contribution >= 0.6 is 12.2 Å². The summed E-state index contributed by atoms with van der Waals surface area (Å²) in [5, 5.41) is 3.73. The van der Waals surface area contributed by atoms with E-state index < -0.39 is 9.84 Å². The van der Waals surface area contributed by atoms with Gasteiger partial charge in [-0.3, -0.25) is 0 Å². The molecule has 2 aliphatic heterocycles. The summed E-state index contributed by atoms with van der Waals surface area (Å²) in [4.78, 5) is 1.95. The van der Waals surface area contributed by atoms with E-state index in [2.05, 4.69) is 5.32 Å². The van der Waals surface area contributed by atoms with Gasteiger partial charge in [0.25, 0.3) is 0 Å². The molecule has 1 aromatic carbocycles. The summed E-state index contributed by atoms with van der Waals surface area (Å²) in [6, 6.07) is 5.46. The highest BCUT2D eigenvalue weighted by Crippen LogP contribution is 2.30. The van der Waals surface area contributed by atoms with E-state index in [1.54, 1.807) is 14.2 Å². The van der Waals surface area contributed by atoms with Crippen molar-refractivity contribution >= 4 is 27.2 Å². The summed E-state index contributed by atoms with van der Waals surface area (Å²) in [7, 11) is 0.189. The molecule has 0 spiro atoms. The number of hydrogen-bond acceptors (Lipinski definition) is 5. The molecule has 0 bridgehead atoms. The highest BCUT2D eigenvalue weighted by atomic mass is 32.2. The second kappa shape index (κ2) is 5.58. The van der Waals surface area contributed by atoms with E-state index in [0.29, 0.717) is 23.2 Å². The van der Waals surface area contributed by atoms with Crippen LogP contribution in [0, 0.1) is 0 Å². The average Bonchev–Trinajstić information content (AvgIpc) is 2.91. The molecule has 0 aromatic heterocycles. The van der Waals surface area contributed by atoms with Crippen LogP contribution in [0.2, 0.25) is 0 Å².